The van der Waals surface area contributed by atoms with E-state index in [0.717, 1.165) is 6.07 Å². The van der Waals surface area contributed by atoms with Crippen molar-refractivity contribution in [1.29, 1.82) is 0 Å². The number of nitrogens with zero attached hydrogens (tertiary/aromatic N) is 1. The lowest BCUT2D eigenvalue weighted by molar-refractivity contribution is 0.0378. The molecule has 0 saturated heterocycles. The van der Waals surface area contributed by atoms with Crippen LogP contribution in [0.4, 0.5) is 26.1 Å². The summed E-state index contributed by atoms with van der Waals surface area (Å²) >= 11 is 0. The molecule has 1 heterocycles. The number of imidazole rings is 1. The van der Waals surface area contributed by atoms with Crippen LogP contribution >= 0.6 is 0 Å². The van der Waals surface area contributed by atoms with Crippen LogP contribution in [0.1, 0.15) is 24.2 Å². The lowest BCUT2D eigenvalue weighted by Gasteiger charge is -2.10. The van der Waals surface area contributed by atoms with Gasteiger partial charge in [-0.1, -0.05) is 6.07 Å². The van der Waals surface area contributed by atoms with E-state index in [-0.39, 0.29) is 28.3 Å². The molecule has 1 aromatic heterocycles. The lowest BCUT2D eigenvalue weighted by atomic mass is 10.2. The van der Waals surface area contributed by atoms with Gasteiger partial charge in [-0.05, 0) is 68.4 Å². The van der Waals surface area contributed by atoms with Crippen LogP contribution in [0.15, 0.2) is 65.6 Å². The zero-order valence-electron chi connectivity index (χ0n) is 18.1. The Kier molecular flexibility index (Phi) is 6.20. The van der Waals surface area contributed by atoms with E-state index >= 15 is 0 Å². The number of hydrogen-bond acceptors (Lipinski definition) is 6. The topological polar surface area (TPSA) is 113 Å². The van der Waals surface area contributed by atoms with Crippen LogP contribution in [-0.2, 0) is 14.8 Å². The molecule has 0 radical (unpaired) electrons. The first-order valence-corrected chi connectivity index (χ1v) is 11.7. The number of nitrogens with one attached hydrogen (secondary N) is 3. The van der Waals surface area contributed by atoms with Crippen molar-refractivity contribution in [1.82, 2.24) is 9.97 Å². The van der Waals surface area contributed by atoms with Gasteiger partial charge in [0.15, 0.2) is 11.6 Å². The summed E-state index contributed by atoms with van der Waals surface area (Å²) in [5.74, 6) is -2.45. The fourth-order valence-corrected chi connectivity index (χ4v) is 4.20. The largest absolute Gasteiger partial charge is 0.459 e. The molecule has 34 heavy (non-hydrogen) atoms. The number of aromatic amines is 1. The van der Waals surface area contributed by atoms with Crippen LogP contribution in [0, 0.1) is 11.6 Å². The number of carbonyl (C=O) groups excluding carboxylic acids is 1. The van der Waals surface area contributed by atoms with Crippen LogP contribution in [0.3, 0.4) is 0 Å². The van der Waals surface area contributed by atoms with E-state index in [2.05, 4.69) is 20.0 Å². The Morgan fingerprint density at radius 3 is 2.50 bits per heavy atom. The summed E-state index contributed by atoms with van der Waals surface area (Å²) in [7, 11) is -3.96. The number of halogens is 2. The minimum atomic E-state index is -3.96. The summed E-state index contributed by atoms with van der Waals surface area (Å²) in [6.45, 7) is 3.46. The Morgan fingerprint density at radius 1 is 1.06 bits per heavy atom. The minimum Gasteiger partial charge on any atom is -0.459 e. The molecular weight excluding hydrogens is 466 g/mol. The van der Waals surface area contributed by atoms with Gasteiger partial charge in [-0.25, -0.2) is 27.0 Å². The zero-order valence-corrected chi connectivity index (χ0v) is 18.9. The monoisotopic (exact) mass is 486 g/mol. The number of anilines is 3. The van der Waals surface area contributed by atoms with Gasteiger partial charge in [0.1, 0.15) is 0 Å². The zero-order chi connectivity index (χ0) is 24.5. The van der Waals surface area contributed by atoms with Crippen LogP contribution in [0.25, 0.3) is 11.0 Å². The molecule has 0 aliphatic heterocycles. The van der Waals surface area contributed by atoms with Gasteiger partial charge in [0.25, 0.3) is 10.0 Å². The van der Waals surface area contributed by atoms with Crippen molar-refractivity contribution in [2.24, 2.45) is 0 Å². The molecule has 4 rings (SSSR count). The molecule has 11 heteroatoms. The van der Waals surface area contributed by atoms with Crippen molar-refractivity contribution < 1.29 is 26.7 Å². The first kappa shape index (κ1) is 23.2. The number of ether oxygens (including phenoxy) is 1. The molecule has 3 aromatic carbocycles. The predicted octanol–water partition coefficient (Wildman–Crippen LogP) is 4.95. The number of hydrogen-bond donors (Lipinski definition) is 3. The second-order valence-corrected chi connectivity index (χ2v) is 9.31. The van der Waals surface area contributed by atoms with Crippen molar-refractivity contribution in [3.05, 3.63) is 77.9 Å². The average Bonchev–Trinajstić information content (AvgIpc) is 3.18. The van der Waals surface area contributed by atoms with E-state index in [4.69, 9.17) is 4.74 Å². The molecule has 0 atom stereocenters. The second kappa shape index (κ2) is 9.10. The molecule has 4 aromatic rings. The van der Waals surface area contributed by atoms with Crippen molar-refractivity contribution in [2.45, 2.75) is 24.8 Å². The molecule has 8 nitrogen and oxygen atoms in total. The Labute approximate surface area is 194 Å². The molecule has 0 bridgehead atoms. The van der Waals surface area contributed by atoms with E-state index in [1.165, 1.54) is 54.6 Å². The van der Waals surface area contributed by atoms with E-state index < -0.39 is 27.6 Å². The molecule has 0 spiro atoms. The fraction of sp³-hybridized carbons (Fsp3) is 0.130. The van der Waals surface area contributed by atoms with Crippen molar-refractivity contribution >= 4 is 44.3 Å². The molecule has 0 unspecified atom stereocenters. The van der Waals surface area contributed by atoms with E-state index in [9.17, 15) is 22.0 Å². The highest BCUT2D eigenvalue weighted by Crippen LogP contribution is 2.25. The first-order chi connectivity index (χ1) is 16.1. The van der Waals surface area contributed by atoms with Crippen molar-refractivity contribution in [2.75, 3.05) is 10.0 Å². The first-order valence-electron chi connectivity index (χ1n) is 10.2. The number of rotatable bonds is 7. The van der Waals surface area contributed by atoms with Gasteiger partial charge in [0.2, 0.25) is 5.95 Å². The number of aromatic nitrogens is 2. The van der Waals surface area contributed by atoms with Gasteiger partial charge in [0.05, 0.1) is 33.3 Å². The molecule has 3 N–H and O–H groups in total. The number of esters is 1. The van der Waals surface area contributed by atoms with Crippen molar-refractivity contribution in [3.8, 4) is 0 Å². The van der Waals surface area contributed by atoms with Crippen molar-refractivity contribution in [3.63, 3.8) is 0 Å². The maximum atomic E-state index is 13.9. The Balaban J connectivity index is 1.53. The van der Waals surface area contributed by atoms with Gasteiger partial charge in [-0.3, -0.25) is 4.72 Å². The van der Waals surface area contributed by atoms with Crippen LogP contribution in [0.5, 0.6) is 0 Å². The highest BCUT2D eigenvalue weighted by Gasteiger charge is 2.17. The third-order valence-corrected chi connectivity index (χ3v) is 6.06. The quantitative estimate of drug-likeness (QED) is 0.319. The third kappa shape index (κ3) is 4.99. The van der Waals surface area contributed by atoms with E-state index in [1.807, 2.05) is 0 Å². The molecule has 0 amide bonds. The number of H-pyrrole nitrogens is 1. The lowest BCUT2D eigenvalue weighted by Crippen LogP contribution is -2.14. The standard InChI is InChI=1S/C23H20F2N4O4S/c1-13(2)33-22(30)14-6-8-15(9-7-14)29-34(31,32)16-10-11-18-20(12-16)28-23(26-18)27-19-5-3-4-17(24)21(19)25/h3-13,29H,1-2H3,(H2,26,27,28). The fourth-order valence-electron chi connectivity index (χ4n) is 3.11. The molecule has 0 aliphatic rings. The van der Waals surface area contributed by atoms with Gasteiger partial charge in [-0.2, -0.15) is 0 Å². The van der Waals surface area contributed by atoms with Crippen LogP contribution in [0.2, 0.25) is 0 Å². The summed E-state index contributed by atoms with van der Waals surface area (Å²) in [4.78, 5) is 19.0. The summed E-state index contributed by atoms with van der Waals surface area (Å²) < 4.78 is 60.6. The number of fused-ring (bicyclic) bond motifs is 1. The Morgan fingerprint density at radius 2 is 1.79 bits per heavy atom. The van der Waals surface area contributed by atoms with E-state index in [1.54, 1.807) is 13.8 Å². The smallest absolute Gasteiger partial charge is 0.338 e. The number of carbonyl (C=O) groups is 1. The van der Waals surface area contributed by atoms with Crippen LogP contribution in [-0.4, -0.2) is 30.5 Å². The van der Waals surface area contributed by atoms with Gasteiger partial charge >= 0.3 is 5.97 Å². The van der Waals surface area contributed by atoms with Gasteiger partial charge in [0, 0.05) is 5.69 Å². The molecule has 0 fully saturated rings. The van der Waals surface area contributed by atoms with Gasteiger partial charge < -0.3 is 15.0 Å². The Bertz CT molecular complexity index is 1470. The molecule has 176 valence electrons. The number of benzene rings is 3. The molecule has 0 saturated carbocycles. The summed E-state index contributed by atoms with van der Waals surface area (Å²) in [6.07, 6.45) is -0.272. The predicted molar refractivity (Wildman–Crippen MR) is 124 cm³/mol. The Hall–Kier alpha value is -3.99. The van der Waals surface area contributed by atoms with Crippen LogP contribution < -0.4 is 10.0 Å². The highest BCUT2D eigenvalue weighted by atomic mass is 32.2. The second-order valence-electron chi connectivity index (χ2n) is 7.63. The maximum Gasteiger partial charge on any atom is 0.338 e. The summed E-state index contributed by atoms with van der Waals surface area (Å²) in [5, 5.41) is 2.64. The minimum absolute atomic E-state index is 0.0459. The SMILES string of the molecule is CC(C)OC(=O)c1ccc(NS(=O)(=O)c2ccc3nc(Nc4cccc(F)c4F)[nH]c3c2)cc1. The molecule has 0 aliphatic carbocycles. The summed E-state index contributed by atoms with van der Waals surface area (Å²) in [6, 6.07) is 13.7. The number of sulfonamides is 1. The molecular formula is C23H20F2N4O4S. The van der Waals surface area contributed by atoms with E-state index in [0.29, 0.717) is 16.6 Å². The summed E-state index contributed by atoms with van der Waals surface area (Å²) in [5.41, 5.74) is 1.23. The van der Waals surface area contributed by atoms with Gasteiger partial charge in [-0.15, -0.1) is 0 Å². The third-order valence-electron chi connectivity index (χ3n) is 4.68. The normalized spacial score (nSPS) is 11.6. The highest BCUT2D eigenvalue weighted by molar-refractivity contribution is 7.92. The maximum absolute atomic E-state index is 13.9. The average molecular weight is 487 g/mol.